The molecule has 0 bridgehead atoms. The number of rotatable bonds is 7. The SMILES string of the molecule is CCON=C(c1ccc(F)c(F)c1)c1ccc(CN2CCC(c3ccccc3)CC2)cn1. The molecule has 0 spiro atoms. The number of pyridine rings is 1. The summed E-state index contributed by atoms with van der Waals surface area (Å²) in [5, 5.41) is 4.09. The van der Waals surface area contributed by atoms with Crippen LogP contribution in [0.15, 0.2) is 72.0 Å². The number of piperidine rings is 1. The fourth-order valence-electron chi connectivity index (χ4n) is 4.09. The lowest BCUT2D eigenvalue weighted by Gasteiger charge is -2.32. The number of oxime groups is 1. The Kier molecular flexibility index (Phi) is 7.22. The molecule has 0 amide bonds. The summed E-state index contributed by atoms with van der Waals surface area (Å²) in [5.41, 5.74) is 3.88. The van der Waals surface area contributed by atoms with Gasteiger partial charge in [0.15, 0.2) is 11.6 Å². The predicted molar refractivity (Wildman–Crippen MR) is 122 cm³/mol. The van der Waals surface area contributed by atoms with E-state index < -0.39 is 11.6 Å². The zero-order valence-corrected chi connectivity index (χ0v) is 18.2. The van der Waals surface area contributed by atoms with E-state index in [-0.39, 0.29) is 0 Å². The van der Waals surface area contributed by atoms with E-state index in [1.54, 1.807) is 0 Å². The quantitative estimate of drug-likeness (QED) is 0.362. The van der Waals surface area contributed by atoms with Gasteiger partial charge in [0.1, 0.15) is 12.3 Å². The number of halogens is 2. The number of benzene rings is 2. The van der Waals surface area contributed by atoms with Crippen molar-refractivity contribution in [2.24, 2.45) is 5.16 Å². The van der Waals surface area contributed by atoms with Gasteiger partial charge in [0.25, 0.3) is 0 Å². The molecule has 1 fully saturated rings. The van der Waals surface area contributed by atoms with Crippen molar-refractivity contribution in [1.82, 2.24) is 9.88 Å². The molecule has 0 atom stereocenters. The van der Waals surface area contributed by atoms with Crippen LogP contribution < -0.4 is 0 Å². The van der Waals surface area contributed by atoms with Gasteiger partial charge in [-0.25, -0.2) is 8.78 Å². The van der Waals surface area contributed by atoms with Crippen molar-refractivity contribution < 1.29 is 13.6 Å². The lowest BCUT2D eigenvalue weighted by atomic mass is 9.89. The van der Waals surface area contributed by atoms with Crippen molar-refractivity contribution in [3.05, 3.63) is 101 Å². The average Bonchev–Trinajstić information content (AvgIpc) is 2.83. The Bertz CT molecular complexity index is 1050. The molecule has 4 nitrogen and oxygen atoms in total. The van der Waals surface area contributed by atoms with Crippen LogP contribution in [0.1, 0.15) is 48.1 Å². The minimum Gasteiger partial charge on any atom is -0.396 e. The second-order valence-corrected chi connectivity index (χ2v) is 8.00. The monoisotopic (exact) mass is 435 g/mol. The van der Waals surface area contributed by atoms with E-state index in [9.17, 15) is 8.78 Å². The molecule has 32 heavy (non-hydrogen) atoms. The van der Waals surface area contributed by atoms with Crippen LogP contribution in [0.4, 0.5) is 8.78 Å². The molecular formula is C26H27F2N3O. The van der Waals surface area contributed by atoms with Crippen LogP contribution in [0.3, 0.4) is 0 Å². The van der Waals surface area contributed by atoms with Crippen molar-refractivity contribution in [3.63, 3.8) is 0 Å². The number of nitrogens with zero attached hydrogens (tertiary/aromatic N) is 3. The van der Waals surface area contributed by atoms with Crippen LogP contribution in [0, 0.1) is 11.6 Å². The molecule has 4 rings (SSSR count). The van der Waals surface area contributed by atoms with Gasteiger partial charge in [0.05, 0.1) is 5.69 Å². The van der Waals surface area contributed by atoms with Gasteiger partial charge in [-0.1, -0.05) is 41.6 Å². The van der Waals surface area contributed by atoms with E-state index in [1.807, 2.05) is 25.3 Å². The standard InChI is InChI=1S/C26H27F2N3O/c1-2-32-30-26(22-9-10-23(27)24(28)16-22)25-11-8-19(17-29-25)18-31-14-12-21(13-15-31)20-6-4-3-5-7-20/h3-11,16-17,21H,2,12-15,18H2,1H3. The zero-order valence-electron chi connectivity index (χ0n) is 18.2. The molecule has 166 valence electrons. The Balaban J connectivity index is 1.42. The Morgan fingerprint density at radius 3 is 2.47 bits per heavy atom. The van der Waals surface area contributed by atoms with Gasteiger partial charge in [-0.15, -0.1) is 0 Å². The van der Waals surface area contributed by atoms with Gasteiger partial charge < -0.3 is 4.84 Å². The first-order chi connectivity index (χ1) is 15.6. The highest BCUT2D eigenvalue weighted by Crippen LogP contribution is 2.28. The van der Waals surface area contributed by atoms with E-state index in [0.29, 0.717) is 29.5 Å². The lowest BCUT2D eigenvalue weighted by molar-refractivity contribution is 0.159. The minimum atomic E-state index is -0.928. The number of hydrogen-bond donors (Lipinski definition) is 0. The molecule has 0 N–H and O–H groups in total. The fraction of sp³-hybridized carbons (Fsp3) is 0.308. The largest absolute Gasteiger partial charge is 0.396 e. The maximum absolute atomic E-state index is 13.7. The highest BCUT2D eigenvalue weighted by atomic mass is 19.2. The van der Waals surface area contributed by atoms with E-state index in [2.05, 4.69) is 45.4 Å². The summed E-state index contributed by atoms with van der Waals surface area (Å²) in [7, 11) is 0. The summed E-state index contributed by atoms with van der Waals surface area (Å²) in [4.78, 5) is 12.2. The molecule has 1 aliphatic rings. The smallest absolute Gasteiger partial charge is 0.159 e. The third kappa shape index (κ3) is 5.37. The van der Waals surface area contributed by atoms with Gasteiger partial charge in [0, 0.05) is 18.3 Å². The first-order valence-corrected chi connectivity index (χ1v) is 11.0. The first-order valence-electron chi connectivity index (χ1n) is 11.0. The summed E-state index contributed by atoms with van der Waals surface area (Å²) in [5.74, 6) is -1.20. The normalized spacial score (nSPS) is 15.7. The van der Waals surface area contributed by atoms with Crippen molar-refractivity contribution in [2.75, 3.05) is 19.7 Å². The van der Waals surface area contributed by atoms with Gasteiger partial charge in [-0.3, -0.25) is 9.88 Å². The highest BCUT2D eigenvalue weighted by Gasteiger charge is 2.20. The molecule has 6 heteroatoms. The molecule has 2 heterocycles. The Morgan fingerprint density at radius 2 is 1.81 bits per heavy atom. The molecule has 1 saturated heterocycles. The molecule has 0 saturated carbocycles. The Hall–Kier alpha value is -3.12. The Labute approximate surface area is 187 Å². The van der Waals surface area contributed by atoms with Gasteiger partial charge >= 0.3 is 0 Å². The maximum atomic E-state index is 13.7. The van der Waals surface area contributed by atoms with Crippen molar-refractivity contribution in [2.45, 2.75) is 32.2 Å². The van der Waals surface area contributed by atoms with E-state index >= 15 is 0 Å². The zero-order chi connectivity index (χ0) is 22.3. The van der Waals surface area contributed by atoms with E-state index in [1.165, 1.54) is 11.6 Å². The molecular weight excluding hydrogens is 408 g/mol. The van der Waals surface area contributed by atoms with E-state index in [4.69, 9.17) is 4.84 Å². The summed E-state index contributed by atoms with van der Waals surface area (Å²) >= 11 is 0. The predicted octanol–water partition coefficient (Wildman–Crippen LogP) is 5.53. The molecule has 1 aromatic heterocycles. The van der Waals surface area contributed by atoms with Crippen LogP contribution in [0.5, 0.6) is 0 Å². The number of aromatic nitrogens is 1. The minimum absolute atomic E-state index is 0.365. The summed E-state index contributed by atoms with van der Waals surface area (Å²) in [6.07, 6.45) is 4.12. The maximum Gasteiger partial charge on any atom is 0.159 e. The number of hydrogen-bond acceptors (Lipinski definition) is 4. The molecule has 1 aliphatic heterocycles. The molecule has 2 aromatic carbocycles. The van der Waals surface area contributed by atoms with Gasteiger partial charge in [-0.2, -0.15) is 0 Å². The molecule has 0 unspecified atom stereocenters. The van der Waals surface area contributed by atoms with Crippen LogP contribution in [-0.4, -0.2) is 35.3 Å². The second-order valence-electron chi connectivity index (χ2n) is 8.00. The summed E-state index contributed by atoms with van der Waals surface area (Å²) in [6.45, 7) is 5.10. The van der Waals surface area contributed by atoms with Crippen LogP contribution in [0.2, 0.25) is 0 Å². The van der Waals surface area contributed by atoms with Crippen molar-refractivity contribution in [1.29, 1.82) is 0 Å². The van der Waals surface area contributed by atoms with Gasteiger partial charge in [0.2, 0.25) is 0 Å². The summed E-state index contributed by atoms with van der Waals surface area (Å²) < 4.78 is 27.1. The Morgan fingerprint density at radius 1 is 1.03 bits per heavy atom. The molecule has 3 aromatic rings. The van der Waals surface area contributed by atoms with Crippen LogP contribution in [0.25, 0.3) is 0 Å². The molecule has 0 aliphatic carbocycles. The van der Waals surface area contributed by atoms with Gasteiger partial charge in [-0.05, 0) is 74.2 Å². The average molecular weight is 436 g/mol. The van der Waals surface area contributed by atoms with Crippen LogP contribution in [-0.2, 0) is 11.4 Å². The highest BCUT2D eigenvalue weighted by molar-refractivity contribution is 6.11. The summed E-state index contributed by atoms with van der Waals surface area (Å²) in [6, 6.07) is 18.2. The second kappa shape index (κ2) is 10.5. The number of likely N-dealkylation sites (tertiary alicyclic amines) is 1. The first kappa shape index (κ1) is 22.1. The van der Waals surface area contributed by atoms with E-state index in [0.717, 1.165) is 50.2 Å². The topological polar surface area (TPSA) is 37.7 Å². The third-order valence-corrected chi connectivity index (χ3v) is 5.81. The fourth-order valence-corrected chi connectivity index (χ4v) is 4.09. The third-order valence-electron chi connectivity index (χ3n) is 5.81. The lowest BCUT2D eigenvalue weighted by Crippen LogP contribution is -2.32. The van der Waals surface area contributed by atoms with Crippen molar-refractivity contribution in [3.8, 4) is 0 Å². The van der Waals surface area contributed by atoms with Crippen molar-refractivity contribution >= 4 is 5.71 Å². The van der Waals surface area contributed by atoms with Crippen LogP contribution >= 0.6 is 0 Å². The molecule has 0 radical (unpaired) electrons.